The normalized spacial score (nSPS) is 12.0. The van der Waals surface area contributed by atoms with E-state index in [1.54, 1.807) is 0 Å². The fraction of sp³-hybridized carbons (Fsp3) is 0.333. The molecule has 6 nitrogen and oxygen atoms in total. The molecular weight excluding hydrogens is 333 g/mol. The number of carbonyl (C=O) groups excluding carboxylic acids is 1. The molecule has 0 amide bonds. The summed E-state index contributed by atoms with van der Waals surface area (Å²) in [4.78, 5) is 19.9. The maximum atomic E-state index is 13.2. The molecule has 0 heterocycles. The van der Waals surface area contributed by atoms with Crippen LogP contribution in [0.2, 0.25) is 0 Å². The van der Waals surface area contributed by atoms with Gasteiger partial charge in [0.1, 0.15) is 23.4 Å². The molecule has 1 rings (SSSR count). The molecule has 0 aromatic heterocycles. The van der Waals surface area contributed by atoms with E-state index in [2.05, 4.69) is 4.74 Å². The van der Waals surface area contributed by atoms with E-state index in [9.17, 15) is 26.7 Å². The highest BCUT2D eigenvalue weighted by Crippen LogP contribution is 2.20. The molecule has 11 heteroatoms. The number of hydrogen-bond donors (Lipinski definition) is 3. The average molecular weight is 345 g/mol. The predicted octanol–water partition coefficient (Wildman–Crippen LogP) is 1.35. The third-order valence-corrected chi connectivity index (χ3v) is 2.30. The lowest BCUT2D eigenvalue weighted by molar-refractivity contribution is -0.192. The summed E-state index contributed by atoms with van der Waals surface area (Å²) < 4.78 is 62.5. The molecule has 0 fully saturated rings. The third-order valence-electron chi connectivity index (χ3n) is 2.30. The molecule has 130 valence electrons. The number of aromatic hydroxyl groups is 1. The van der Waals surface area contributed by atoms with Crippen LogP contribution in [-0.2, 0) is 20.7 Å². The van der Waals surface area contributed by atoms with Gasteiger partial charge in [-0.2, -0.15) is 13.2 Å². The largest absolute Gasteiger partial charge is 0.508 e. The van der Waals surface area contributed by atoms with Gasteiger partial charge in [-0.15, -0.1) is 0 Å². The summed E-state index contributed by atoms with van der Waals surface area (Å²) in [5.41, 5.74) is 5.01. The van der Waals surface area contributed by atoms with Crippen LogP contribution in [0.15, 0.2) is 12.1 Å². The van der Waals surface area contributed by atoms with Gasteiger partial charge in [0.25, 0.3) is 0 Å². The molecule has 1 unspecified atom stereocenters. The van der Waals surface area contributed by atoms with E-state index in [-0.39, 0.29) is 12.0 Å². The highest BCUT2D eigenvalue weighted by Gasteiger charge is 2.38. The van der Waals surface area contributed by atoms with Crippen molar-refractivity contribution < 1.29 is 46.5 Å². The number of hydrogen-bond acceptors (Lipinski definition) is 5. The summed E-state index contributed by atoms with van der Waals surface area (Å²) in [5, 5.41) is 16.0. The predicted molar refractivity (Wildman–Crippen MR) is 65.4 cm³/mol. The Morgan fingerprint density at radius 2 is 1.65 bits per heavy atom. The molecule has 23 heavy (non-hydrogen) atoms. The Kier molecular flexibility index (Phi) is 7.39. The number of carboxylic acids is 1. The Morgan fingerprint density at radius 1 is 1.26 bits per heavy atom. The van der Waals surface area contributed by atoms with E-state index in [1.165, 1.54) is 0 Å². The van der Waals surface area contributed by atoms with Crippen molar-refractivity contribution in [2.24, 2.45) is 5.73 Å². The van der Waals surface area contributed by atoms with Crippen LogP contribution in [0.25, 0.3) is 0 Å². The number of ether oxygens (including phenoxy) is 1. The summed E-state index contributed by atoms with van der Waals surface area (Å²) in [5.74, 6) is -5.93. The van der Waals surface area contributed by atoms with Crippen molar-refractivity contribution >= 4 is 11.9 Å². The quantitative estimate of drug-likeness (QED) is 0.563. The number of phenolic OH excluding ortho intramolecular Hbond substituents is 1. The molecule has 0 aliphatic carbocycles. The van der Waals surface area contributed by atoms with Crippen molar-refractivity contribution in [1.82, 2.24) is 0 Å². The molecule has 1 aromatic carbocycles. The highest BCUT2D eigenvalue weighted by atomic mass is 19.4. The van der Waals surface area contributed by atoms with Gasteiger partial charge >= 0.3 is 18.1 Å². The van der Waals surface area contributed by atoms with Gasteiger partial charge in [-0.1, -0.05) is 0 Å². The van der Waals surface area contributed by atoms with Crippen molar-refractivity contribution in [2.75, 3.05) is 7.11 Å². The van der Waals surface area contributed by atoms with Crippen molar-refractivity contribution in [3.63, 3.8) is 0 Å². The molecule has 0 saturated heterocycles. The van der Waals surface area contributed by atoms with Gasteiger partial charge in [0.15, 0.2) is 0 Å². The number of rotatable bonds is 3. The minimum absolute atomic E-state index is 0.329. The van der Waals surface area contributed by atoms with Crippen LogP contribution in [0.1, 0.15) is 5.56 Å². The molecule has 0 aliphatic rings. The first-order chi connectivity index (χ1) is 10.4. The van der Waals surface area contributed by atoms with Crippen molar-refractivity contribution in [1.29, 1.82) is 0 Å². The standard InChI is InChI=1S/C10H11F2NO3.C2HF3O2/c1-16-10(15)9(13)4-6-7(11)2-5(14)3-8(6)12;3-2(4,5)1(6)7/h2-3,9,14H,4,13H2,1H3;(H,6,7). The first-order valence-electron chi connectivity index (χ1n) is 5.70. The minimum atomic E-state index is -5.08. The fourth-order valence-corrected chi connectivity index (χ4v) is 1.24. The Morgan fingerprint density at radius 3 is 1.96 bits per heavy atom. The maximum Gasteiger partial charge on any atom is 0.490 e. The van der Waals surface area contributed by atoms with Crippen LogP contribution >= 0.6 is 0 Å². The second-order valence-electron chi connectivity index (χ2n) is 4.02. The molecule has 1 atom stereocenters. The second-order valence-corrected chi connectivity index (χ2v) is 4.02. The first kappa shape index (κ1) is 20.6. The van der Waals surface area contributed by atoms with Gasteiger partial charge in [-0.25, -0.2) is 13.6 Å². The Labute approximate surface area is 126 Å². The second kappa shape index (κ2) is 8.27. The van der Waals surface area contributed by atoms with Crippen LogP contribution < -0.4 is 5.73 Å². The van der Waals surface area contributed by atoms with Crippen LogP contribution in [0.5, 0.6) is 5.75 Å². The lowest BCUT2D eigenvalue weighted by Gasteiger charge is -2.10. The number of phenols is 1. The van der Waals surface area contributed by atoms with Gasteiger partial charge in [-0.3, -0.25) is 4.79 Å². The van der Waals surface area contributed by atoms with Crippen molar-refractivity contribution in [3.05, 3.63) is 29.3 Å². The zero-order valence-electron chi connectivity index (χ0n) is 11.5. The monoisotopic (exact) mass is 345 g/mol. The Balaban J connectivity index is 0.000000585. The smallest absolute Gasteiger partial charge is 0.490 e. The highest BCUT2D eigenvalue weighted by molar-refractivity contribution is 5.75. The van der Waals surface area contributed by atoms with Crippen molar-refractivity contribution in [3.8, 4) is 5.75 Å². The summed E-state index contributed by atoms with van der Waals surface area (Å²) in [6.07, 6.45) is -5.41. The number of aliphatic carboxylic acids is 1. The molecule has 4 N–H and O–H groups in total. The van der Waals surface area contributed by atoms with E-state index in [4.69, 9.17) is 20.7 Å². The van der Waals surface area contributed by atoms with Gasteiger partial charge in [-0.05, 0) is 0 Å². The number of halogens is 5. The van der Waals surface area contributed by atoms with E-state index in [0.29, 0.717) is 0 Å². The average Bonchev–Trinajstić information content (AvgIpc) is 2.41. The molecule has 0 spiro atoms. The topological polar surface area (TPSA) is 110 Å². The zero-order chi connectivity index (χ0) is 18.4. The first-order valence-corrected chi connectivity index (χ1v) is 5.70. The number of carbonyl (C=O) groups is 2. The molecule has 0 aliphatic heterocycles. The Hall–Kier alpha value is -2.43. The lowest BCUT2D eigenvalue weighted by atomic mass is 10.1. The summed E-state index contributed by atoms with van der Waals surface area (Å²) in [6.45, 7) is 0. The van der Waals surface area contributed by atoms with Gasteiger partial charge < -0.3 is 20.7 Å². The van der Waals surface area contributed by atoms with Crippen molar-refractivity contribution in [2.45, 2.75) is 18.6 Å². The summed E-state index contributed by atoms with van der Waals surface area (Å²) in [6, 6.07) is 0.365. The molecule has 0 radical (unpaired) electrons. The summed E-state index contributed by atoms with van der Waals surface area (Å²) >= 11 is 0. The number of esters is 1. The van der Waals surface area contributed by atoms with Gasteiger partial charge in [0.05, 0.1) is 7.11 Å². The van der Waals surface area contributed by atoms with Gasteiger partial charge in [0.2, 0.25) is 0 Å². The molecular formula is C12H12F5NO5. The zero-order valence-corrected chi connectivity index (χ0v) is 11.5. The SMILES string of the molecule is COC(=O)C(N)Cc1c(F)cc(O)cc1F.O=C(O)C(F)(F)F. The number of alkyl halides is 3. The number of nitrogens with two attached hydrogens (primary N) is 1. The van der Waals surface area contributed by atoms with Crippen LogP contribution in [-0.4, -0.2) is 41.5 Å². The van der Waals surface area contributed by atoms with Crippen LogP contribution in [0.3, 0.4) is 0 Å². The lowest BCUT2D eigenvalue weighted by Crippen LogP contribution is -2.34. The van der Waals surface area contributed by atoms with Gasteiger partial charge in [0, 0.05) is 24.1 Å². The van der Waals surface area contributed by atoms with E-state index in [1.807, 2.05) is 0 Å². The number of carboxylic acid groups (broad SMARTS) is 1. The van der Waals surface area contributed by atoms with Crippen LogP contribution in [0, 0.1) is 11.6 Å². The summed E-state index contributed by atoms with van der Waals surface area (Å²) in [7, 11) is 1.13. The van der Waals surface area contributed by atoms with E-state index in [0.717, 1.165) is 19.2 Å². The van der Waals surface area contributed by atoms with E-state index < -0.39 is 41.5 Å². The molecule has 1 aromatic rings. The maximum absolute atomic E-state index is 13.2. The molecule has 0 bridgehead atoms. The molecule has 0 saturated carbocycles. The van der Waals surface area contributed by atoms with E-state index >= 15 is 0 Å². The Bertz CT molecular complexity index is 552. The fourth-order valence-electron chi connectivity index (χ4n) is 1.24. The number of methoxy groups -OCH3 is 1. The third kappa shape index (κ3) is 6.91. The van der Waals surface area contributed by atoms with Crippen LogP contribution in [0.4, 0.5) is 22.0 Å². The number of benzene rings is 1. The minimum Gasteiger partial charge on any atom is -0.508 e.